The molecule has 4 heteroatoms. The summed E-state index contributed by atoms with van der Waals surface area (Å²) in [5, 5.41) is 6.61. The van der Waals surface area contributed by atoms with Gasteiger partial charge >= 0.3 is 0 Å². The minimum absolute atomic E-state index is 0.108. The van der Waals surface area contributed by atoms with Crippen molar-refractivity contribution in [2.75, 3.05) is 25.4 Å². The molecule has 2 atom stereocenters. The standard InChI is InChI=1S/C13H26N2OS/c1-4-17-12(10(2)3)13(16)15-9-11-6-5-7-14-8-11/h10-12,14H,4-9H2,1-3H3,(H,15,16). The van der Waals surface area contributed by atoms with Gasteiger partial charge < -0.3 is 10.6 Å². The van der Waals surface area contributed by atoms with Crippen molar-refractivity contribution >= 4 is 17.7 Å². The van der Waals surface area contributed by atoms with Gasteiger partial charge in [-0.05, 0) is 43.5 Å². The maximum Gasteiger partial charge on any atom is 0.233 e. The summed E-state index contributed by atoms with van der Waals surface area (Å²) in [6, 6.07) is 0. The third kappa shape index (κ3) is 5.30. The number of piperidine rings is 1. The monoisotopic (exact) mass is 258 g/mol. The number of carbonyl (C=O) groups excluding carboxylic acids is 1. The fourth-order valence-electron chi connectivity index (χ4n) is 2.19. The normalized spacial score (nSPS) is 22.5. The molecule has 17 heavy (non-hydrogen) atoms. The van der Waals surface area contributed by atoms with E-state index in [0.29, 0.717) is 11.8 Å². The van der Waals surface area contributed by atoms with E-state index in [4.69, 9.17) is 0 Å². The number of nitrogens with one attached hydrogen (secondary N) is 2. The van der Waals surface area contributed by atoms with Crippen molar-refractivity contribution in [1.82, 2.24) is 10.6 Å². The fourth-order valence-corrected chi connectivity index (χ4v) is 3.17. The molecule has 0 bridgehead atoms. The minimum atomic E-state index is 0.108. The first kappa shape index (κ1) is 14.8. The average Bonchev–Trinajstić information content (AvgIpc) is 2.34. The van der Waals surface area contributed by atoms with Gasteiger partial charge in [0.05, 0.1) is 5.25 Å². The number of hydrogen-bond donors (Lipinski definition) is 2. The SMILES string of the molecule is CCSC(C(=O)NCC1CCCNC1)C(C)C. The topological polar surface area (TPSA) is 41.1 Å². The molecule has 2 N–H and O–H groups in total. The Morgan fingerprint density at radius 1 is 1.53 bits per heavy atom. The second-order valence-corrected chi connectivity index (χ2v) is 6.50. The highest BCUT2D eigenvalue weighted by Crippen LogP contribution is 2.19. The van der Waals surface area contributed by atoms with Crippen LogP contribution in [-0.2, 0) is 4.79 Å². The van der Waals surface area contributed by atoms with Crippen LogP contribution in [0, 0.1) is 11.8 Å². The second-order valence-electron chi connectivity index (χ2n) is 5.08. The van der Waals surface area contributed by atoms with E-state index in [0.717, 1.165) is 25.4 Å². The third-order valence-electron chi connectivity index (χ3n) is 3.17. The highest BCUT2D eigenvalue weighted by atomic mass is 32.2. The zero-order valence-electron chi connectivity index (χ0n) is 11.3. The smallest absolute Gasteiger partial charge is 0.233 e. The van der Waals surface area contributed by atoms with Gasteiger partial charge in [-0.1, -0.05) is 20.8 Å². The Balaban J connectivity index is 2.30. The zero-order valence-corrected chi connectivity index (χ0v) is 12.1. The van der Waals surface area contributed by atoms with Gasteiger partial charge in [-0.2, -0.15) is 0 Å². The quantitative estimate of drug-likeness (QED) is 0.764. The maximum absolute atomic E-state index is 12.1. The van der Waals surface area contributed by atoms with E-state index in [1.807, 2.05) is 0 Å². The predicted molar refractivity (Wildman–Crippen MR) is 75.4 cm³/mol. The third-order valence-corrected chi connectivity index (χ3v) is 4.62. The Labute approximate surface area is 109 Å². The molecule has 0 aliphatic carbocycles. The van der Waals surface area contributed by atoms with Crippen molar-refractivity contribution in [3.63, 3.8) is 0 Å². The van der Waals surface area contributed by atoms with Crippen LogP contribution < -0.4 is 10.6 Å². The summed E-state index contributed by atoms with van der Waals surface area (Å²) in [5.74, 6) is 2.25. The van der Waals surface area contributed by atoms with Crippen LogP contribution in [-0.4, -0.2) is 36.5 Å². The number of thioether (sulfide) groups is 1. The van der Waals surface area contributed by atoms with E-state index >= 15 is 0 Å². The first-order valence-corrected chi connectivity index (χ1v) is 7.80. The number of hydrogen-bond acceptors (Lipinski definition) is 3. The van der Waals surface area contributed by atoms with E-state index in [1.165, 1.54) is 12.8 Å². The Hall–Kier alpha value is -0.220. The molecule has 1 fully saturated rings. The van der Waals surface area contributed by atoms with Crippen LogP contribution in [0.15, 0.2) is 0 Å². The lowest BCUT2D eigenvalue weighted by Crippen LogP contribution is -2.42. The molecule has 0 saturated carbocycles. The van der Waals surface area contributed by atoms with E-state index in [2.05, 4.69) is 31.4 Å². The Bertz CT molecular complexity index is 227. The molecule has 1 saturated heterocycles. The number of rotatable bonds is 6. The molecule has 0 spiro atoms. The Morgan fingerprint density at radius 2 is 2.29 bits per heavy atom. The molecule has 1 aliphatic rings. The molecule has 3 nitrogen and oxygen atoms in total. The molecule has 0 aromatic rings. The van der Waals surface area contributed by atoms with Gasteiger partial charge in [-0.25, -0.2) is 0 Å². The van der Waals surface area contributed by atoms with Crippen LogP contribution in [0.25, 0.3) is 0 Å². The van der Waals surface area contributed by atoms with Crippen molar-refractivity contribution in [2.45, 2.75) is 38.9 Å². The molecule has 0 aromatic heterocycles. The highest BCUT2D eigenvalue weighted by Gasteiger charge is 2.22. The van der Waals surface area contributed by atoms with Crippen LogP contribution >= 0.6 is 11.8 Å². The van der Waals surface area contributed by atoms with Gasteiger partial charge in [0.2, 0.25) is 5.91 Å². The van der Waals surface area contributed by atoms with E-state index in [-0.39, 0.29) is 11.2 Å². The Kier molecular flexibility index (Phi) is 6.97. The van der Waals surface area contributed by atoms with Crippen molar-refractivity contribution in [2.24, 2.45) is 11.8 Å². The molecular formula is C13H26N2OS. The van der Waals surface area contributed by atoms with Crippen molar-refractivity contribution in [3.05, 3.63) is 0 Å². The first-order valence-electron chi connectivity index (χ1n) is 6.75. The van der Waals surface area contributed by atoms with Gasteiger partial charge in [0.15, 0.2) is 0 Å². The summed E-state index contributed by atoms with van der Waals surface area (Å²) in [4.78, 5) is 12.1. The number of carbonyl (C=O) groups is 1. The van der Waals surface area contributed by atoms with Crippen LogP contribution in [0.2, 0.25) is 0 Å². The lowest BCUT2D eigenvalue weighted by atomic mass is 9.99. The summed E-state index contributed by atoms with van der Waals surface area (Å²) in [5.41, 5.74) is 0. The number of amides is 1. The van der Waals surface area contributed by atoms with Gasteiger partial charge in [0, 0.05) is 6.54 Å². The molecule has 2 unspecified atom stereocenters. The molecule has 1 heterocycles. The van der Waals surface area contributed by atoms with Crippen LogP contribution in [0.4, 0.5) is 0 Å². The average molecular weight is 258 g/mol. The Morgan fingerprint density at radius 3 is 2.82 bits per heavy atom. The van der Waals surface area contributed by atoms with Crippen molar-refractivity contribution < 1.29 is 4.79 Å². The molecule has 0 aromatic carbocycles. The lowest BCUT2D eigenvalue weighted by Gasteiger charge is -2.25. The summed E-state index contributed by atoms with van der Waals surface area (Å²) >= 11 is 1.75. The molecule has 0 radical (unpaired) electrons. The second kappa shape index (κ2) is 7.98. The maximum atomic E-state index is 12.1. The van der Waals surface area contributed by atoms with E-state index < -0.39 is 0 Å². The molecule has 100 valence electrons. The van der Waals surface area contributed by atoms with Gasteiger partial charge in [-0.3, -0.25) is 4.79 Å². The van der Waals surface area contributed by atoms with Crippen LogP contribution in [0.5, 0.6) is 0 Å². The lowest BCUT2D eigenvalue weighted by molar-refractivity contribution is -0.121. The van der Waals surface area contributed by atoms with E-state index in [9.17, 15) is 4.79 Å². The highest BCUT2D eigenvalue weighted by molar-refractivity contribution is 8.00. The van der Waals surface area contributed by atoms with E-state index in [1.54, 1.807) is 11.8 Å². The predicted octanol–water partition coefficient (Wildman–Crippen LogP) is 1.88. The molecular weight excluding hydrogens is 232 g/mol. The van der Waals surface area contributed by atoms with Gasteiger partial charge in [-0.15, -0.1) is 11.8 Å². The molecule has 1 rings (SSSR count). The van der Waals surface area contributed by atoms with Crippen molar-refractivity contribution in [3.8, 4) is 0 Å². The van der Waals surface area contributed by atoms with Crippen molar-refractivity contribution in [1.29, 1.82) is 0 Å². The molecule has 1 aliphatic heterocycles. The summed E-state index contributed by atoms with van der Waals surface area (Å²) in [7, 11) is 0. The van der Waals surface area contributed by atoms with Crippen LogP contribution in [0.1, 0.15) is 33.6 Å². The molecule has 1 amide bonds. The van der Waals surface area contributed by atoms with Crippen LogP contribution in [0.3, 0.4) is 0 Å². The van der Waals surface area contributed by atoms with Gasteiger partial charge in [0.25, 0.3) is 0 Å². The van der Waals surface area contributed by atoms with Gasteiger partial charge in [0.1, 0.15) is 0 Å². The first-order chi connectivity index (χ1) is 8.15. The largest absolute Gasteiger partial charge is 0.355 e. The fraction of sp³-hybridized carbons (Fsp3) is 0.923. The summed E-state index contributed by atoms with van der Waals surface area (Å²) in [6.07, 6.45) is 2.47. The summed E-state index contributed by atoms with van der Waals surface area (Å²) < 4.78 is 0. The minimum Gasteiger partial charge on any atom is -0.355 e. The summed E-state index contributed by atoms with van der Waals surface area (Å²) in [6.45, 7) is 9.36. The zero-order chi connectivity index (χ0) is 12.7.